The van der Waals surface area contributed by atoms with Crippen LogP contribution in [-0.4, -0.2) is 53.0 Å². The lowest BCUT2D eigenvalue weighted by molar-refractivity contribution is -0.242. The standard InChI is InChI=1S/C70H73N5O7/c1-40-22-26-55(42(3)30-40)65(49-18-14-12-15-19-49)72-62(76)33-48-24-28-57-51(32-48)35-60(78-57)68(64-45(6)74-82-47(64)8)80-61-39-75(66(50-20-16-13-17-21-50)56-27-23-41(2)31-43(56)4)70(61,69(9,10)11)53-25-29-58-52(34-53)36-59(79-58)67(77-54-37-71-38-54)63-44(5)73-81-46(63)7/h12-32,34-36,54,61,65-68,71H,33,37-39H2,1-11H3,(H,72,76). The molecule has 4 aromatic heterocycles. The Bertz CT molecular complexity index is 3920. The summed E-state index contributed by atoms with van der Waals surface area (Å²) in [5.74, 6) is 2.57. The highest BCUT2D eigenvalue weighted by Crippen LogP contribution is 2.60. The first kappa shape index (κ1) is 54.7. The van der Waals surface area contributed by atoms with Gasteiger partial charge in [0.05, 0.1) is 58.8 Å². The van der Waals surface area contributed by atoms with Crippen LogP contribution in [0.3, 0.4) is 0 Å². The lowest BCUT2D eigenvalue weighted by atomic mass is 9.59. The highest BCUT2D eigenvalue weighted by molar-refractivity contribution is 5.84. The number of aryl methyl sites for hydroxylation is 8. The molecule has 6 atom stereocenters. The second-order valence-corrected chi connectivity index (χ2v) is 24.0. The number of likely N-dealkylation sites (tertiary alicyclic amines) is 1. The maximum atomic E-state index is 14.2. The predicted octanol–water partition coefficient (Wildman–Crippen LogP) is 14.7. The average Bonchev–Trinajstić information content (AvgIpc) is 1.29. The van der Waals surface area contributed by atoms with Crippen LogP contribution in [0, 0.1) is 60.8 Å². The van der Waals surface area contributed by atoms with E-state index in [9.17, 15) is 4.79 Å². The molecule has 6 aromatic carbocycles. The summed E-state index contributed by atoms with van der Waals surface area (Å²) in [6.45, 7) is 25.4. The van der Waals surface area contributed by atoms with Crippen molar-refractivity contribution in [1.29, 1.82) is 0 Å². The third-order valence-electron chi connectivity index (χ3n) is 17.3. The summed E-state index contributed by atoms with van der Waals surface area (Å²) in [7, 11) is 0. The van der Waals surface area contributed by atoms with Crippen LogP contribution < -0.4 is 10.6 Å². The Labute approximate surface area is 480 Å². The van der Waals surface area contributed by atoms with Gasteiger partial charge in [-0.1, -0.05) is 151 Å². The molecule has 12 heteroatoms. The average molecular weight is 1100 g/mol. The number of fused-ring (bicyclic) bond motifs is 2. The zero-order chi connectivity index (χ0) is 57.2. The first-order valence-corrected chi connectivity index (χ1v) is 28.7. The van der Waals surface area contributed by atoms with Gasteiger partial charge in [-0.3, -0.25) is 9.69 Å². The Morgan fingerprint density at radius 2 is 1.20 bits per heavy atom. The number of carbonyl (C=O) groups excluding carboxylic acids is 1. The highest BCUT2D eigenvalue weighted by Gasteiger charge is 2.64. The van der Waals surface area contributed by atoms with E-state index in [0.29, 0.717) is 40.9 Å². The Morgan fingerprint density at radius 3 is 1.73 bits per heavy atom. The van der Waals surface area contributed by atoms with Gasteiger partial charge >= 0.3 is 0 Å². The van der Waals surface area contributed by atoms with Crippen LogP contribution in [0.5, 0.6) is 0 Å². The maximum Gasteiger partial charge on any atom is 0.225 e. The molecule has 12 rings (SSSR count). The molecule has 10 aromatic rings. The van der Waals surface area contributed by atoms with Gasteiger partial charge in [-0.25, -0.2) is 0 Å². The fourth-order valence-electron chi connectivity index (χ4n) is 13.3. The van der Waals surface area contributed by atoms with E-state index in [2.05, 4.69) is 190 Å². The monoisotopic (exact) mass is 1100 g/mol. The molecule has 2 aliphatic rings. The third kappa shape index (κ3) is 9.99. The lowest BCUT2D eigenvalue weighted by Crippen LogP contribution is -2.74. The number of amides is 1. The molecule has 82 heavy (non-hydrogen) atoms. The minimum Gasteiger partial charge on any atom is -0.458 e. The summed E-state index contributed by atoms with van der Waals surface area (Å²) in [6, 6.07) is 50.5. The first-order valence-electron chi connectivity index (χ1n) is 28.7. The van der Waals surface area contributed by atoms with Gasteiger partial charge in [0.15, 0.2) is 0 Å². The Morgan fingerprint density at radius 1 is 0.646 bits per heavy atom. The van der Waals surface area contributed by atoms with Crippen LogP contribution in [0.25, 0.3) is 21.9 Å². The van der Waals surface area contributed by atoms with E-state index in [1.807, 2.05) is 58.0 Å². The van der Waals surface area contributed by atoms with Crippen molar-refractivity contribution in [2.75, 3.05) is 19.6 Å². The number of hydrogen-bond acceptors (Lipinski definition) is 11. The number of carbonyl (C=O) groups is 1. The van der Waals surface area contributed by atoms with Crippen LogP contribution >= 0.6 is 0 Å². The molecule has 0 radical (unpaired) electrons. The van der Waals surface area contributed by atoms with E-state index >= 15 is 0 Å². The number of nitrogens with one attached hydrogen (secondary N) is 2. The van der Waals surface area contributed by atoms with Gasteiger partial charge in [0, 0.05) is 30.4 Å². The largest absolute Gasteiger partial charge is 0.458 e. The molecule has 1 amide bonds. The van der Waals surface area contributed by atoms with Crippen LogP contribution in [0.2, 0.25) is 0 Å². The number of rotatable bonds is 17. The molecule has 6 heterocycles. The normalized spacial score (nSPS) is 18.3. The van der Waals surface area contributed by atoms with Gasteiger partial charge in [0.2, 0.25) is 5.91 Å². The van der Waals surface area contributed by atoms with Crippen molar-refractivity contribution in [2.24, 2.45) is 5.41 Å². The molecule has 12 nitrogen and oxygen atoms in total. The second kappa shape index (κ2) is 21.8. The number of nitrogens with zero attached hydrogens (tertiary/aromatic N) is 3. The van der Waals surface area contributed by atoms with Crippen molar-refractivity contribution in [2.45, 2.75) is 125 Å². The van der Waals surface area contributed by atoms with Gasteiger partial charge in [0.25, 0.3) is 0 Å². The van der Waals surface area contributed by atoms with Crippen molar-refractivity contribution in [3.8, 4) is 0 Å². The number of aromatic nitrogens is 2. The zero-order valence-electron chi connectivity index (χ0n) is 48.8. The molecule has 0 spiro atoms. The van der Waals surface area contributed by atoms with Gasteiger partial charge < -0.3 is 38.0 Å². The van der Waals surface area contributed by atoms with Gasteiger partial charge in [-0.15, -0.1) is 0 Å². The predicted molar refractivity (Wildman–Crippen MR) is 319 cm³/mol. The minimum atomic E-state index is -0.788. The molecule has 0 bridgehead atoms. The van der Waals surface area contributed by atoms with Crippen LogP contribution in [0.1, 0.15) is 146 Å². The Kier molecular flexibility index (Phi) is 14.5. The molecule has 0 saturated carbocycles. The number of benzene rings is 6. The first-order chi connectivity index (χ1) is 39.4. The molecular weight excluding hydrogens is 1020 g/mol. The molecular formula is C70H73N5O7. The highest BCUT2D eigenvalue weighted by atomic mass is 16.5. The minimum absolute atomic E-state index is 0.0200. The molecule has 2 aliphatic heterocycles. The number of hydrogen-bond donors (Lipinski definition) is 2. The third-order valence-corrected chi connectivity index (χ3v) is 17.3. The Balaban J connectivity index is 0.950. The quantitative estimate of drug-likeness (QED) is 0.0900. The zero-order valence-corrected chi connectivity index (χ0v) is 48.8. The van der Waals surface area contributed by atoms with E-state index in [1.165, 1.54) is 27.8 Å². The van der Waals surface area contributed by atoms with Gasteiger partial charge in [-0.2, -0.15) is 0 Å². The van der Waals surface area contributed by atoms with Crippen LogP contribution in [0.15, 0.2) is 163 Å². The topological polar surface area (TPSA) is 141 Å². The van der Waals surface area contributed by atoms with E-state index in [4.69, 9.17) is 27.4 Å². The van der Waals surface area contributed by atoms with Crippen molar-refractivity contribution < 1.29 is 32.1 Å². The van der Waals surface area contributed by atoms with Crippen molar-refractivity contribution in [1.82, 2.24) is 25.8 Å². The fraction of sp³-hybridized carbons (Fsp3) is 0.329. The van der Waals surface area contributed by atoms with E-state index in [0.717, 1.165) is 74.1 Å². The van der Waals surface area contributed by atoms with Crippen molar-refractivity contribution in [3.63, 3.8) is 0 Å². The van der Waals surface area contributed by atoms with Crippen LogP contribution in [-0.2, 0) is 26.2 Å². The lowest BCUT2D eigenvalue weighted by Gasteiger charge is -2.67. The summed E-state index contributed by atoms with van der Waals surface area (Å²) < 4.78 is 40.1. The fourth-order valence-corrected chi connectivity index (χ4v) is 13.3. The van der Waals surface area contributed by atoms with E-state index < -0.39 is 29.3 Å². The molecule has 420 valence electrons. The molecule has 2 saturated heterocycles. The van der Waals surface area contributed by atoms with Gasteiger partial charge in [0.1, 0.15) is 46.4 Å². The van der Waals surface area contributed by atoms with E-state index in [1.54, 1.807) is 0 Å². The van der Waals surface area contributed by atoms with Crippen molar-refractivity contribution >= 4 is 27.8 Å². The second-order valence-electron chi connectivity index (χ2n) is 24.0. The Hall–Kier alpha value is -7.87. The summed E-state index contributed by atoms with van der Waals surface area (Å²) in [5, 5.41) is 17.4. The summed E-state index contributed by atoms with van der Waals surface area (Å²) in [6.07, 6.45) is -1.46. The maximum absolute atomic E-state index is 14.2. The summed E-state index contributed by atoms with van der Waals surface area (Å²) in [4.78, 5) is 16.8. The van der Waals surface area contributed by atoms with Gasteiger partial charge in [-0.05, 0) is 142 Å². The van der Waals surface area contributed by atoms with E-state index in [-0.39, 0.29) is 30.5 Å². The molecule has 2 N–H and O–H groups in total. The summed E-state index contributed by atoms with van der Waals surface area (Å²) >= 11 is 0. The SMILES string of the molecule is Cc1ccc(C(NC(=O)Cc2ccc3oc(C(OC4CN(C(c5ccccc5)c5ccc(C)cc5C)C4(c4ccc5oc(C(OC6CNC6)c6c(C)noc6C)cc5c4)C(C)(C)C)c4c(C)noc4C)cc3c2)c2ccccc2)c(C)c1. The molecule has 6 unspecified atom stereocenters. The van der Waals surface area contributed by atoms with Crippen molar-refractivity contribution in [3.05, 3.63) is 247 Å². The number of ether oxygens (including phenoxy) is 2. The van der Waals surface area contributed by atoms with Crippen LogP contribution in [0.4, 0.5) is 0 Å². The summed E-state index contributed by atoms with van der Waals surface area (Å²) in [5.41, 5.74) is 14.5. The number of furan rings is 2. The molecule has 0 aliphatic carbocycles. The molecule has 2 fully saturated rings. The smallest absolute Gasteiger partial charge is 0.225 e.